The van der Waals surface area contributed by atoms with E-state index in [1.807, 2.05) is 0 Å². The Morgan fingerprint density at radius 1 is 0.523 bits per heavy atom. The number of hydrogen-bond acceptors (Lipinski definition) is 3. The van der Waals surface area contributed by atoms with Gasteiger partial charge in [0.25, 0.3) is 0 Å². The second kappa shape index (κ2) is 36.6. The molecular weight excluding hydrogens is 542 g/mol. The Balaban J connectivity index is 3.50. The van der Waals surface area contributed by atoms with Crippen LogP contribution >= 0.6 is 0 Å². The Hall–Kier alpha value is -0.870. The van der Waals surface area contributed by atoms with Gasteiger partial charge in [-0.05, 0) is 38.5 Å². The van der Waals surface area contributed by atoms with Crippen LogP contribution in [0.5, 0.6) is 0 Å². The van der Waals surface area contributed by atoms with Crippen LogP contribution in [0.2, 0.25) is 0 Å². The summed E-state index contributed by atoms with van der Waals surface area (Å²) >= 11 is 0. The lowest BCUT2D eigenvalue weighted by Crippen LogP contribution is -2.45. The van der Waals surface area contributed by atoms with Crippen LogP contribution in [0.1, 0.15) is 219 Å². The van der Waals surface area contributed by atoms with Gasteiger partial charge < -0.3 is 15.5 Å². The maximum atomic E-state index is 12.3. The van der Waals surface area contributed by atoms with Gasteiger partial charge in [0.1, 0.15) is 0 Å². The number of hydrogen-bond donors (Lipinski definition) is 3. The number of allylic oxidation sites excluding steroid dienone is 2. The molecule has 2 atom stereocenters. The first-order valence-electron chi connectivity index (χ1n) is 19.9. The molecule has 0 aromatic heterocycles. The predicted molar refractivity (Wildman–Crippen MR) is 193 cm³/mol. The van der Waals surface area contributed by atoms with Crippen LogP contribution in [0.15, 0.2) is 12.2 Å². The van der Waals surface area contributed by atoms with Crippen molar-refractivity contribution in [3.63, 3.8) is 0 Å². The summed E-state index contributed by atoms with van der Waals surface area (Å²) in [5.74, 6) is -0.0334. The lowest BCUT2D eigenvalue weighted by molar-refractivity contribution is -0.123. The van der Waals surface area contributed by atoms with E-state index in [0.29, 0.717) is 12.8 Å². The summed E-state index contributed by atoms with van der Waals surface area (Å²) in [6.07, 6.45) is 44.2. The fourth-order valence-electron chi connectivity index (χ4n) is 6.18. The van der Waals surface area contributed by atoms with Crippen molar-refractivity contribution in [1.82, 2.24) is 5.32 Å². The Morgan fingerprint density at radius 3 is 1.25 bits per heavy atom. The van der Waals surface area contributed by atoms with Gasteiger partial charge in [-0.2, -0.15) is 0 Å². The fourth-order valence-corrected chi connectivity index (χ4v) is 6.18. The largest absolute Gasteiger partial charge is 0.394 e. The van der Waals surface area contributed by atoms with Crippen molar-refractivity contribution in [3.05, 3.63) is 12.2 Å². The minimum Gasteiger partial charge on any atom is -0.394 e. The van der Waals surface area contributed by atoms with Crippen molar-refractivity contribution in [2.75, 3.05) is 6.61 Å². The Labute approximate surface area is 276 Å². The number of nitrogens with one attached hydrogen (secondary N) is 1. The van der Waals surface area contributed by atoms with Crippen molar-refractivity contribution in [3.8, 4) is 0 Å². The summed E-state index contributed by atoms with van der Waals surface area (Å²) < 4.78 is 0. The summed E-state index contributed by atoms with van der Waals surface area (Å²) in [6.45, 7) is 4.35. The number of unbranched alkanes of at least 4 members (excludes halogenated alkanes) is 27. The van der Waals surface area contributed by atoms with E-state index in [2.05, 4.69) is 31.3 Å². The molecule has 4 nitrogen and oxygen atoms in total. The molecule has 2 unspecified atom stereocenters. The summed E-state index contributed by atoms with van der Waals surface area (Å²) in [4.78, 5) is 12.3. The molecule has 0 rings (SSSR count). The highest BCUT2D eigenvalue weighted by Gasteiger charge is 2.19. The zero-order valence-electron chi connectivity index (χ0n) is 29.9. The maximum Gasteiger partial charge on any atom is 0.220 e. The molecule has 0 aliphatic carbocycles. The summed E-state index contributed by atoms with van der Waals surface area (Å²) in [6, 6.07) is -0.531. The highest BCUT2D eigenvalue weighted by atomic mass is 16.3. The van der Waals surface area contributed by atoms with E-state index >= 15 is 0 Å². The van der Waals surface area contributed by atoms with Crippen molar-refractivity contribution in [2.45, 2.75) is 231 Å². The lowest BCUT2D eigenvalue weighted by atomic mass is 10.0. The minimum absolute atomic E-state index is 0.0334. The molecule has 0 spiro atoms. The van der Waals surface area contributed by atoms with Crippen LogP contribution in [0.3, 0.4) is 0 Å². The third-order valence-electron chi connectivity index (χ3n) is 9.28. The first-order chi connectivity index (χ1) is 21.7. The molecular formula is C40H79NO3. The normalized spacial score (nSPS) is 13.1. The van der Waals surface area contributed by atoms with Gasteiger partial charge in [0, 0.05) is 6.42 Å². The van der Waals surface area contributed by atoms with Gasteiger partial charge in [0.15, 0.2) is 0 Å². The molecule has 0 aliphatic heterocycles. The van der Waals surface area contributed by atoms with Crippen molar-refractivity contribution in [1.29, 1.82) is 0 Å². The lowest BCUT2D eigenvalue weighted by Gasteiger charge is -2.22. The molecule has 0 radical (unpaired) electrons. The first kappa shape index (κ1) is 43.1. The molecule has 0 saturated carbocycles. The van der Waals surface area contributed by atoms with Crippen LogP contribution < -0.4 is 5.32 Å². The molecule has 0 fully saturated rings. The van der Waals surface area contributed by atoms with Crippen molar-refractivity contribution in [2.24, 2.45) is 0 Å². The molecule has 0 heterocycles. The topological polar surface area (TPSA) is 69.6 Å². The first-order valence-corrected chi connectivity index (χ1v) is 19.9. The number of amides is 1. The van der Waals surface area contributed by atoms with E-state index in [1.54, 1.807) is 0 Å². The highest BCUT2D eigenvalue weighted by molar-refractivity contribution is 5.76. The smallest absolute Gasteiger partial charge is 0.220 e. The molecule has 1 amide bonds. The predicted octanol–water partition coefficient (Wildman–Crippen LogP) is 11.9. The SMILES string of the molecule is CCCCCCCCCC/C=C\CCCCCCCCCCCC(=O)NC(CO)C(O)CCCCCCCCCCCCC. The molecule has 3 N–H and O–H groups in total. The number of carbonyl (C=O) groups is 1. The summed E-state index contributed by atoms with van der Waals surface area (Å²) in [5, 5.41) is 23.0. The standard InChI is InChI=1S/C40H79NO3/c1-3-5-7-9-11-13-15-16-17-18-19-20-21-22-23-24-26-28-30-32-34-36-40(44)41-38(37-42)39(43)35-33-31-29-27-25-14-12-10-8-6-4-2/h18-19,38-39,42-43H,3-17,20-37H2,1-2H3,(H,41,44)/b19-18-. The Morgan fingerprint density at radius 2 is 0.864 bits per heavy atom. The quantitative estimate of drug-likeness (QED) is 0.0481. The van der Waals surface area contributed by atoms with E-state index in [4.69, 9.17) is 0 Å². The maximum absolute atomic E-state index is 12.3. The Kier molecular flexibility index (Phi) is 35.9. The Bertz CT molecular complexity index is 593. The van der Waals surface area contributed by atoms with Gasteiger partial charge in [-0.3, -0.25) is 4.79 Å². The van der Waals surface area contributed by atoms with E-state index in [-0.39, 0.29) is 12.5 Å². The van der Waals surface area contributed by atoms with Crippen LogP contribution in [-0.4, -0.2) is 34.9 Å². The van der Waals surface area contributed by atoms with Gasteiger partial charge in [0.05, 0.1) is 18.8 Å². The van der Waals surface area contributed by atoms with Gasteiger partial charge in [-0.15, -0.1) is 0 Å². The second-order valence-electron chi connectivity index (χ2n) is 13.7. The summed E-state index contributed by atoms with van der Waals surface area (Å²) in [5.41, 5.74) is 0. The van der Waals surface area contributed by atoms with Gasteiger partial charge in [-0.25, -0.2) is 0 Å². The van der Waals surface area contributed by atoms with Crippen molar-refractivity contribution < 1.29 is 15.0 Å². The molecule has 0 aliphatic rings. The van der Waals surface area contributed by atoms with Crippen LogP contribution in [0, 0.1) is 0 Å². The second-order valence-corrected chi connectivity index (χ2v) is 13.7. The number of carbonyl (C=O) groups excluding carboxylic acids is 1. The average Bonchev–Trinajstić information content (AvgIpc) is 3.03. The van der Waals surface area contributed by atoms with Crippen LogP contribution in [0.4, 0.5) is 0 Å². The van der Waals surface area contributed by atoms with Gasteiger partial charge >= 0.3 is 0 Å². The van der Waals surface area contributed by atoms with E-state index in [0.717, 1.165) is 25.7 Å². The van der Waals surface area contributed by atoms with Gasteiger partial charge in [0.2, 0.25) is 5.91 Å². The third kappa shape index (κ3) is 32.5. The molecule has 44 heavy (non-hydrogen) atoms. The minimum atomic E-state index is -0.654. The number of rotatable bonds is 36. The molecule has 0 bridgehead atoms. The molecule has 262 valence electrons. The molecule has 0 aromatic carbocycles. The third-order valence-corrected chi connectivity index (χ3v) is 9.28. The van der Waals surface area contributed by atoms with E-state index in [9.17, 15) is 15.0 Å². The van der Waals surface area contributed by atoms with Crippen molar-refractivity contribution >= 4 is 5.91 Å². The average molecular weight is 622 g/mol. The monoisotopic (exact) mass is 622 g/mol. The van der Waals surface area contributed by atoms with Crippen LogP contribution in [-0.2, 0) is 4.79 Å². The number of aliphatic hydroxyl groups is 2. The fraction of sp³-hybridized carbons (Fsp3) is 0.925. The number of aliphatic hydroxyl groups excluding tert-OH is 2. The zero-order valence-corrected chi connectivity index (χ0v) is 29.9. The highest BCUT2D eigenvalue weighted by Crippen LogP contribution is 2.15. The van der Waals surface area contributed by atoms with E-state index < -0.39 is 12.1 Å². The molecule has 4 heteroatoms. The van der Waals surface area contributed by atoms with Gasteiger partial charge in [-0.1, -0.05) is 187 Å². The summed E-state index contributed by atoms with van der Waals surface area (Å²) in [7, 11) is 0. The molecule has 0 saturated heterocycles. The molecule has 0 aromatic rings. The van der Waals surface area contributed by atoms with E-state index in [1.165, 1.54) is 167 Å². The zero-order chi connectivity index (χ0) is 32.2. The van der Waals surface area contributed by atoms with Crippen LogP contribution in [0.25, 0.3) is 0 Å².